The van der Waals surface area contributed by atoms with Crippen molar-refractivity contribution in [2.75, 3.05) is 0 Å². The SMILES string of the molecule is CCCc1cccc(Oc2ccc(/C=C/[C@H](C)CC(C)=O)cn2)c1Cl. The first-order valence-corrected chi connectivity index (χ1v) is 8.96. The molecule has 1 aromatic carbocycles. The number of carbonyl (C=O) groups is 1. The van der Waals surface area contributed by atoms with Crippen LogP contribution in [0.4, 0.5) is 0 Å². The number of nitrogens with zero attached hydrogens (tertiary/aromatic N) is 1. The van der Waals surface area contributed by atoms with Gasteiger partial charge in [0.2, 0.25) is 5.88 Å². The molecule has 25 heavy (non-hydrogen) atoms. The van der Waals surface area contributed by atoms with Crippen LogP contribution in [0.25, 0.3) is 6.08 Å². The van der Waals surface area contributed by atoms with Crippen LogP contribution in [-0.4, -0.2) is 10.8 Å². The third kappa shape index (κ3) is 6.02. The number of ketones is 1. The first-order valence-electron chi connectivity index (χ1n) is 8.58. The molecule has 0 amide bonds. The number of hydrogen-bond donors (Lipinski definition) is 0. The van der Waals surface area contributed by atoms with E-state index in [2.05, 4.69) is 11.9 Å². The number of carbonyl (C=O) groups excluding carboxylic acids is 1. The molecule has 0 aliphatic heterocycles. The molecule has 3 nitrogen and oxygen atoms in total. The second-order valence-electron chi connectivity index (χ2n) is 6.25. The largest absolute Gasteiger partial charge is 0.437 e. The van der Waals surface area contributed by atoms with Crippen LogP contribution < -0.4 is 4.74 Å². The summed E-state index contributed by atoms with van der Waals surface area (Å²) in [4.78, 5) is 15.4. The highest BCUT2D eigenvalue weighted by Gasteiger charge is 2.08. The summed E-state index contributed by atoms with van der Waals surface area (Å²) < 4.78 is 5.82. The fourth-order valence-electron chi connectivity index (χ4n) is 2.56. The number of halogens is 1. The van der Waals surface area contributed by atoms with Gasteiger partial charge in [0.15, 0.2) is 0 Å². The molecular formula is C21H24ClNO2. The second-order valence-corrected chi connectivity index (χ2v) is 6.63. The van der Waals surface area contributed by atoms with E-state index in [0.717, 1.165) is 24.0 Å². The zero-order valence-electron chi connectivity index (χ0n) is 15.0. The minimum Gasteiger partial charge on any atom is -0.437 e. The van der Waals surface area contributed by atoms with Crippen LogP contribution in [0.1, 0.15) is 44.7 Å². The van der Waals surface area contributed by atoms with Crippen LogP contribution in [0.5, 0.6) is 11.6 Å². The molecule has 0 aliphatic carbocycles. The highest BCUT2D eigenvalue weighted by molar-refractivity contribution is 6.32. The number of Topliss-reactive ketones (excluding diaryl/α,β-unsaturated/α-hetero) is 1. The Morgan fingerprint density at radius 2 is 2.12 bits per heavy atom. The molecule has 1 heterocycles. The van der Waals surface area contributed by atoms with Gasteiger partial charge < -0.3 is 9.53 Å². The van der Waals surface area contributed by atoms with E-state index in [4.69, 9.17) is 16.3 Å². The highest BCUT2D eigenvalue weighted by Crippen LogP contribution is 2.32. The van der Waals surface area contributed by atoms with Gasteiger partial charge in [0.25, 0.3) is 0 Å². The van der Waals surface area contributed by atoms with Gasteiger partial charge in [-0.05, 0) is 42.5 Å². The number of hydrogen-bond acceptors (Lipinski definition) is 3. The number of allylic oxidation sites excluding steroid dienone is 1. The number of rotatable bonds is 8. The van der Waals surface area contributed by atoms with Gasteiger partial charge in [-0.15, -0.1) is 0 Å². The number of aryl methyl sites for hydroxylation is 1. The van der Waals surface area contributed by atoms with Crippen molar-refractivity contribution in [2.24, 2.45) is 5.92 Å². The maximum atomic E-state index is 11.1. The first-order chi connectivity index (χ1) is 12.0. The Morgan fingerprint density at radius 3 is 2.76 bits per heavy atom. The van der Waals surface area contributed by atoms with E-state index in [1.165, 1.54) is 0 Å². The molecule has 2 rings (SSSR count). The summed E-state index contributed by atoms with van der Waals surface area (Å²) in [6.07, 6.45) is 8.24. The number of aromatic nitrogens is 1. The quantitative estimate of drug-likeness (QED) is 0.572. The minimum absolute atomic E-state index is 0.196. The Kier molecular flexibility index (Phi) is 7.20. The van der Waals surface area contributed by atoms with Gasteiger partial charge in [-0.1, -0.05) is 56.2 Å². The molecule has 0 N–H and O–H groups in total. The predicted molar refractivity (Wildman–Crippen MR) is 103 cm³/mol. The Hall–Kier alpha value is -2.13. The monoisotopic (exact) mass is 357 g/mol. The van der Waals surface area contributed by atoms with Crippen molar-refractivity contribution in [3.8, 4) is 11.6 Å². The first kappa shape index (κ1) is 19.2. The molecule has 0 radical (unpaired) electrons. The third-order valence-electron chi connectivity index (χ3n) is 3.76. The lowest BCUT2D eigenvalue weighted by Crippen LogP contribution is -1.97. The van der Waals surface area contributed by atoms with Gasteiger partial charge in [-0.2, -0.15) is 0 Å². The number of ether oxygens (including phenoxy) is 1. The zero-order valence-corrected chi connectivity index (χ0v) is 15.7. The van der Waals surface area contributed by atoms with E-state index in [1.807, 2.05) is 49.4 Å². The topological polar surface area (TPSA) is 39.2 Å². The van der Waals surface area contributed by atoms with Crippen LogP contribution >= 0.6 is 11.6 Å². The van der Waals surface area contributed by atoms with Gasteiger partial charge in [0.1, 0.15) is 11.5 Å². The van der Waals surface area contributed by atoms with Crippen LogP contribution in [-0.2, 0) is 11.2 Å². The van der Waals surface area contributed by atoms with Gasteiger partial charge >= 0.3 is 0 Å². The third-order valence-corrected chi connectivity index (χ3v) is 4.19. The average molecular weight is 358 g/mol. The summed E-state index contributed by atoms with van der Waals surface area (Å²) in [7, 11) is 0. The van der Waals surface area contributed by atoms with E-state index in [1.54, 1.807) is 13.1 Å². The Bertz CT molecular complexity index is 738. The second kappa shape index (κ2) is 9.38. The molecule has 1 aromatic heterocycles. The standard InChI is InChI=1S/C21H24ClNO2/c1-4-6-18-7-5-8-19(21(18)22)25-20-12-11-17(14-23-20)10-9-15(2)13-16(3)24/h5,7-12,14-15H,4,6,13H2,1-3H3/b10-9+/t15-/m0/s1. The smallest absolute Gasteiger partial charge is 0.219 e. The van der Waals surface area contributed by atoms with E-state index >= 15 is 0 Å². The molecule has 0 saturated heterocycles. The molecule has 0 spiro atoms. The lowest BCUT2D eigenvalue weighted by Gasteiger charge is -2.10. The maximum absolute atomic E-state index is 11.1. The molecule has 132 valence electrons. The summed E-state index contributed by atoms with van der Waals surface area (Å²) in [6, 6.07) is 9.56. The molecule has 0 unspecified atom stereocenters. The van der Waals surface area contributed by atoms with Gasteiger partial charge in [0, 0.05) is 18.7 Å². The molecular weight excluding hydrogens is 334 g/mol. The van der Waals surface area contributed by atoms with Crippen molar-refractivity contribution in [3.63, 3.8) is 0 Å². The molecule has 0 bridgehead atoms. The van der Waals surface area contributed by atoms with Gasteiger partial charge in [-0.25, -0.2) is 4.98 Å². The van der Waals surface area contributed by atoms with Crippen molar-refractivity contribution < 1.29 is 9.53 Å². The lowest BCUT2D eigenvalue weighted by atomic mass is 10.0. The average Bonchev–Trinajstić information content (AvgIpc) is 2.57. The highest BCUT2D eigenvalue weighted by atomic mass is 35.5. The maximum Gasteiger partial charge on any atom is 0.219 e. The van der Waals surface area contributed by atoms with Crippen LogP contribution in [0.2, 0.25) is 5.02 Å². The normalized spacial score (nSPS) is 12.3. The molecule has 1 atom stereocenters. The zero-order chi connectivity index (χ0) is 18.2. The summed E-state index contributed by atoms with van der Waals surface area (Å²) in [5, 5.41) is 0.646. The van der Waals surface area contributed by atoms with Crippen LogP contribution in [0.3, 0.4) is 0 Å². The summed E-state index contributed by atoms with van der Waals surface area (Å²) >= 11 is 6.40. The Labute approximate surface area is 154 Å². The summed E-state index contributed by atoms with van der Waals surface area (Å²) in [6.45, 7) is 5.75. The Morgan fingerprint density at radius 1 is 1.32 bits per heavy atom. The van der Waals surface area contributed by atoms with Crippen molar-refractivity contribution in [3.05, 3.63) is 58.8 Å². The van der Waals surface area contributed by atoms with Crippen molar-refractivity contribution in [1.29, 1.82) is 0 Å². The minimum atomic E-state index is 0.196. The fourth-order valence-corrected chi connectivity index (χ4v) is 2.82. The van der Waals surface area contributed by atoms with Crippen molar-refractivity contribution >= 4 is 23.5 Å². The lowest BCUT2D eigenvalue weighted by molar-refractivity contribution is -0.117. The van der Waals surface area contributed by atoms with Crippen molar-refractivity contribution in [2.45, 2.75) is 40.0 Å². The fraction of sp³-hybridized carbons (Fsp3) is 0.333. The predicted octanol–water partition coefficient (Wildman–Crippen LogP) is 6.11. The molecule has 4 heteroatoms. The molecule has 0 fully saturated rings. The van der Waals surface area contributed by atoms with E-state index < -0.39 is 0 Å². The molecule has 0 aliphatic rings. The van der Waals surface area contributed by atoms with E-state index in [0.29, 0.717) is 23.1 Å². The number of benzene rings is 1. The number of pyridine rings is 1. The molecule has 0 saturated carbocycles. The van der Waals surface area contributed by atoms with E-state index in [-0.39, 0.29) is 11.7 Å². The summed E-state index contributed by atoms with van der Waals surface area (Å²) in [5.41, 5.74) is 2.05. The Balaban J connectivity index is 2.04. The van der Waals surface area contributed by atoms with Crippen LogP contribution in [0, 0.1) is 5.92 Å². The van der Waals surface area contributed by atoms with Crippen molar-refractivity contribution in [1.82, 2.24) is 4.98 Å². The van der Waals surface area contributed by atoms with Crippen LogP contribution in [0.15, 0.2) is 42.6 Å². The van der Waals surface area contributed by atoms with Gasteiger partial charge in [-0.3, -0.25) is 0 Å². The van der Waals surface area contributed by atoms with Gasteiger partial charge in [0.05, 0.1) is 5.02 Å². The van der Waals surface area contributed by atoms with E-state index in [9.17, 15) is 4.79 Å². The molecule has 2 aromatic rings. The summed E-state index contributed by atoms with van der Waals surface area (Å²) in [5.74, 6) is 1.54.